The van der Waals surface area contributed by atoms with Crippen molar-refractivity contribution in [3.05, 3.63) is 85.1 Å². The van der Waals surface area contributed by atoms with Crippen LogP contribution in [0.2, 0.25) is 0 Å². The van der Waals surface area contributed by atoms with E-state index in [1.54, 1.807) is 0 Å². The minimum Gasteiger partial charge on any atom is -0.359 e. The summed E-state index contributed by atoms with van der Waals surface area (Å²) in [7, 11) is 1.93. The van der Waals surface area contributed by atoms with E-state index in [4.69, 9.17) is 4.98 Å². The fourth-order valence-electron chi connectivity index (χ4n) is 3.73. The normalized spacial score (nSPS) is 13.5. The molecule has 5 heteroatoms. The fraction of sp³-hybridized carbons (Fsp3) is 0.174. The number of aromatic amines is 1. The van der Waals surface area contributed by atoms with E-state index >= 15 is 0 Å². The van der Waals surface area contributed by atoms with Crippen LogP contribution in [0.1, 0.15) is 28.8 Å². The van der Waals surface area contributed by atoms with Gasteiger partial charge in [-0.25, -0.2) is 4.98 Å². The second-order valence-corrected chi connectivity index (χ2v) is 6.89. The number of benzene rings is 1. The van der Waals surface area contributed by atoms with Gasteiger partial charge in [-0.2, -0.15) is 0 Å². The highest BCUT2D eigenvalue weighted by molar-refractivity contribution is 5.99. The van der Waals surface area contributed by atoms with Crippen LogP contribution in [-0.2, 0) is 6.67 Å². The van der Waals surface area contributed by atoms with Gasteiger partial charge in [-0.3, -0.25) is 0 Å². The van der Waals surface area contributed by atoms with E-state index in [0.29, 0.717) is 6.67 Å². The SMILES string of the molecule is C=CCCN1C=C(c2cc(C=C)cc3c2ncn3CNC)c2cc[nH]c2C1=C. The van der Waals surface area contributed by atoms with Gasteiger partial charge in [-0.15, -0.1) is 6.58 Å². The van der Waals surface area contributed by atoms with Crippen molar-refractivity contribution < 1.29 is 0 Å². The maximum Gasteiger partial charge on any atom is 0.0969 e. The third kappa shape index (κ3) is 2.90. The van der Waals surface area contributed by atoms with Crippen LogP contribution < -0.4 is 5.32 Å². The van der Waals surface area contributed by atoms with Gasteiger partial charge in [0, 0.05) is 35.6 Å². The zero-order valence-corrected chi connectivity index (χ0v) is 16.2. The molecule has 3 aromatic rings. The largest absolute Gasteiger partial charge is 0.359 e. The molecule has 4 rings (SSSR count). The first-order chi connectivity index (χ1) is 13.7. The van der Waals surface area contributed by atoms with Crippen LogP contribution in [0.3, 0.4) is 0 Å². The maximum atomic E-state index is 4.73. The molecule has 28 heavy (non-hydrogen) atoms. The lowest BCUT2D eigenvalue weighted by atomic mass is 9.92. The summed E-state index contributed by atoms with van der Waals surface area (Å²) in [4.78, 5) is 10.3. The summed E-state index contributed by atoms with van der Waals surface area (Å²) in [6.45, 7) is 13.7. The molecule has 2 aromatic heterocycles. The Labute approximate surface area is 165 Å². The van der Waals surface area contributed by atoms with Crippen molar-refractivity contribution in [3.8, 4) is 0 Å². The number of imidazole rings is 1. The Morgan fingerprint density at radius 3 is 2.86 bits per heavy atom. The van der Waals surface area contributed by atoms with Crippen LogP contribution >= 0.6 is 0 Å². The van der Waals surface area contributed by atoms with Crippen LogP contribution in [0.15, 0.2) is 62.7 Å². The third-order valence-corrected chi connectivity index (χ3v) is 5.13. The molecule has 0 aliphatic carbocycles. The Balaban J connectivity index is 1.93. The van der Waals surface area contributed by atoms with Crippen molar-refractivity contribution in [2.45, 2.75) is 13.1 Å². The number of H-pyrrole nitrogens is 1. The van der Waals surface area contributed by atoms with Gasteiger partial charge in [-0.05, 0) is 37.2 Å². The molecule has 0 saturated heterocycles. The zero-order valence-electron chi connectivity index (χ0n) is 16.2. The van der Waals surface area contributed by atoms with Crippen LogP contribution in [-0.4, -0.2) is 33.0 Å². The highest BCUT2D eigenvalue weighted by Gasteiger charge is 2.24. The summed E-state index contributed by atoms with van der Waals surface area (Å²) in [5.74, 6) is 0. The molecule has 0 atom stereocenters. The predicted molar refractivity (Wildman–Crippen MR) is 117 cm³/mol. The second-order valence-electron chi connectivity index (χ2n) is 6.89. The average molecular weight is 371 g/mol. The molecule has 0 unspecified atom stereocenters. The van der Waals surface area contributed by atoms with E-state index in [9.17, 15) is 0 Å². The van der Waals surface area contributed by atoms with E-state index in [2.05, 4.69) is 63.9 Å². The molecule has 1 aromatic carbocycles. The molecule has 0 fully saturated rings. The van der Waals surface area contributed by atoms with Gasteiger partial charge in [0.25, 0.3) is 0 Å². The quantitative estimate of drug-likeness (QED) is 0.604. The molecule has 5 nitrogen and oxygen atoms in total. The highest BCUT2D eigenvalue weighted by atomic mass is 15.1. The summed E-state index contributed by atoms with van der Waals surface area (Å²) < 4.78 is 2.11. The lowest BCUT2D eigenvalue weighted by Gasteiger charge is -2.29. The van der Waals surface area contributed by atoms with Gasteiger partial charge in [-0.1, -0.05) is 25.3 Å². The summed E-state index contributed by atoms with van der Waals surface area (Å²) in [6.07, 6.45) is 10.7. The van der Waals surface area contributed by atoms with Crippen LogP contribution in [0.5, 0.6) is 0 Å². The van der Waals surface area contributed by atoms with Gasteiger partial charge < -0.3 is 19.8 Å². The molecule has 1 aliphatic rings. The van der Waals surface area contributed by atoms with E-state index in [1.165, 1.54) is 0 Å². The van der Waals surface area contributed by atoms with Crippen molar-refractivity contribution in [3.63, 3.8) is 0 Å². The Hall–Kier alpha value is -3.31. The standard InChI is InChI=1S/C23H25N5/c1-5-7-10-27-13-20(18-8-9-25-22(18)16(27)3)19-11-17(6-2)12-21-23(19)26-15-28(21)14-24-4/h5-6,8-9,11-13,15,24-25H,1-3,7,10,14H2,4H3. The first-order valence-corrected chi connectivity index (χ1v) is 9.40. The molecule has 0 radical (unpaired) electrons. The summed E-state index contributed by atoms with van der Waals surface area (Å²) in [6, 6.07) is 6.40. The number of aromatic nitrogens is 3. The van der Waals surface area contributed by atoms with Crippen molar-refractivity contribution in [1.82, 2.24) is 24.8 Å². The first kappa shape index (κ1) is 18.1. The highest BCUT2D eigenvalue weighted by Crippen LogP contribution is 2.39. The molecule has 1 aliphatic heterocycles. The number of hydrogen-bond acceptors (Lipinski definition) is 3. The summed E-state index contributed by atoms with van der Waals surface area (Å²) in [5.41, 5.74) is 8.54. The maximum absolute atomic E-state index is 4.73. The molecule has 142 valence electrons. The van der Waals surface area contributed by atoms with Gasteiger partial charge >= 0.3 is 0 Å². The number of nitrogens with zero attached hydrogens (tertiary/aromatic N) is 3. The van der Waals surface area contributed by atoms with Crippen molar-refractivity contribution in [2.75, 3.05) is 13.6 Å². The number of rotatable bonds is 7. The fourth-order valence-corrected chi connectivity index (χ4v) is 3.73. The third-order valence-electron chi connectivity index (χ3n) is 5.13. The van der Waals surface area contributed by atoms with Gasteiger partial charge in [0.15, 0.2) is 0 Å². The topological polar surface area (TPSA) is 48.9 Å². The van der Waals surface area contributed by atoms with Crippen molar-refractivity contribution in [1.29, 1.82) is 0 Å². The average Bonchev–Trinajstić information content (AvgIpc) is 3.35. The smallest absolute Gasteiger partial charge is 0.0969 e. The second kappa shape index (κ2) is 7.37. The van der Waals surface area contributed by atoms with E-state index in [-0.39, 0.29) is 0 Å². The summed E-state index contributed by atoms with van der Waals surface area (Å²) in [5, 5.41) is 3.19. The molecule has 3 heterocycles. The molecular weight excluding hydrogens is 346 g/mol. The van der Waals surface area contributed by atoms with Crippen molar-refractivity contribution >= 4 is 28.4 Å². The predicted octanol–water partition coefficient (Wildman–Crippen LogP) is 4.44. The zero-order chi connectivity index (χ0) is 19.7. The lowest BCUT2D eigenvalue weighted by molar-refractivity contribution is 0.535. The van der Waals surface area contributed by atoms with E-state index in [1.807, 2.05) is 31.7 Å². The van der Waals surface area contributed by atoms with Gasteiger partial charge in [0.1, 0.15) is 0 Å². The van der Waals surface area contributed by atoms with Crippen LogP contribution in [0, 0.1) is 0 Å². The minimum atomic E-state index is 0.702. The summed E-state index contributed by atoms with van der Waals surface area (Å²) >= 11 is 0. The minimum absolute atomic E-state index is 0.702. The van der Waals surface area contributed by atoms with E-state index in [0.717, 1.165) is 57.7 Å². The van der Waals surface area contributed by atoms with Gasteiger partial charge in [0.05, 0.1) is 35.4 Å². The monoisotopic (exact) mass is 371 g/mol. The molecule has 0 spiro atoms. The van der Waals surface area contributed by atoms with Gasteiger partial charge in [0.2, 0.25) is 0 Å². The molecule has 2 N–H and O–H groups in total. The molecule has 0 amide bonds. The number of fused-ring (bicyclic) bond motifs is 2. The number of hydrogen-bond donors (Lipinski definition) is 2. The molecular formula is C23H25N5. The Morgan fingerprint density at radius 1 is 1.25 bits per heavy atom. The van der Waals surface area contributed by atoms with Crippen LogP contribution in [0.25, 0.3) is 28.4 Å². The Morgan fingerprint density at radius 2 is 2.11 bits per heavy atom. The first-order valence-electron chi connectivity index (χ1n) is 9.40. The lowest BCUT2D eigenvalue weighted by Crippen LogP contribution is -2.21. The molecule has 0 saturated carbocycles. The van der Waals surface area contributed by atoms with Crippen LogP contribution in [0.4, 0.5) is 0 Å². The van der Waals surface area contributed by atoms with Crippen molar-refractivity contribution in [2.24, 2.45) is 0 Å². The Bertz CT molecular complexity index is 1100. The molecule has 0 bridgehead atoms. The van der Waals surface area contributed by atoms with E-state index < -0.39 is 0 Å². The number of nitrogens with one attached hydrogen (secondary N) is 2. The Kier molecular flexibility index (Phi) is 4.75.